The Balaban J connectivity index is 2.18. The summed E-state index contributed by atoms with van der Waals surface area (Å²) >= 11 is 0. The number of ether oxygens (including phenoxy) is 1. The van der Waals surface area contributed by atoms with Gasteiger partial charge in [-0.15, -0.1) is 0 Å². The lowest BCUT2D eigenvalue weighted by atomic mass is 10.1. The summed E-state index contributed by atoms with van der Waals surface area (Å²) in [5.41, 5.74) is 0.178. The van der Waals surface area contributed by atoms with Crippen LogP contribution in [0.15, 0.2) is 24.3 Å². The number of nitrogens with one attached hydrogen (secondary N) is 1. The number of carbonyl (C=O) groups excluding carboxylic acids is 1. The van der Waals surface area contributed by atoms with E-state index in [1.165, 1.54) is 12.1 Å². The number of amides is 1. The molecule has 1 heterocycles. The molecule has 1 aromatic rings. The Morgan fingerprint density at radius 2 is 2.21 bits per heavy atom. The van der Waals surface area contributed by atoms with Crippen LogP contribution < -0.4 is 10.1 Å². The standard InChI is InChI=1S/C13H16F2N2O2/c1-9-8-17(7-6-16-9)12(18)10-4-2-3-5-11(10)19-13(14)15/h2-5,9,13,16H,6-8H2,1H3/t9-/m0/s1. The van der Waals surface area contributed by atoms with Crippen LogP contribution in [0.5, 0.6) is 5.75 Å². The Labute approximate surface area is 110 Å². The van der Waals surface area contributed by atoms with Gasteiger partial charge in [0.15, 0.2) is 0 Å². The molecule has 1 aliphatic heterocycles. The monoisotopic (exact) mass is 270 g/mol. The molecular formula is C13H16F2N2O2. The number of para-hydroxylation sites is 1. The average molecular weight is 270 g/mol. The number of carbonyl (C=O) groups is 1. The first kappa shape index (κ1) is 13.7. The second-order valence-corrected chi connectivity index (χ2v) is 4.48. The highest BCUT2D eigenvalue weighted by Gasteiger charge is 2.24. The van der Waals surface area contributed by atoms with Crippen LogP contribution in [-0.4, -0.2) is 43.1 Å². The minimum absolute atomic E-state index is 0.0753. The highest BCUT2D eigenvalue weighted by Crippen LogP contribution is 2.22. The lowest BCUT2D eigenvalue weighted by molar-refractivity contribution is -0.0503. The Morgan fingerprint density at radius 3 is 2.89 bits per heavy atom. The van der Waals surface area contributed by atoms with E-state index in [4.69, 9.17) is 0 Å². The molecule has 4 nitrogen and oxygen atoms in total. The van der Waals surface area contributed by atoms with E-state index in [2.05, 4.69) is 10.1 Å². The fourth-order valence-corrected chi connectivity index (χ4v) is 2.13. The number of rotatable bonds is 3. The van der Waals surface area contributed by atoms with Gasteiger partial charge in [-0.1, -0.05) is 12.1 Å². The van der Waals surface area contributed by atoms with E-state index in [0.717, 1.165) is 0 Å². The zero-order chi connectivity index (χ0) is 13.8. The topological polar surface area (TPSA) is 41.6 Å². The van der Waals surface area contributed by atoms with Gasteiger partial charge in [0, 0.05) is 25.7 Å². The van der Waals surface area contributed by atoms with Crippen molar-refractivity contribution in [2.45, 2.75) is 19.6 Å². The van der Waals surface area contributed by atoms with Crippen molar-refractivity contribution in [3.8, 4) is 5.75 Å². The third-order valence-corrected chi connectivity index (χ3v) is 2.99. The number of hydrogen-bond acceptors (Lipinski definition) is 3. The summed E-state index contributed by atoms with van der Waals surface area (Å²) in [5.74, 6) is -0.349. The van der Waals surface area contributed by atoms with E-state index in [-0.39, 0.29) is 23.3 Å². The van der Waals surface area contributed by atoms with Gasteiger partial charge in [-0.3, -0.25) is 4.79 Å². The normalized spacial score (nSPS) is 19.6. The number of alkyl halides is 2. The first-order chi connectivity index (χ1) is 9.08. The summed E-state index contributed by atoms with van der Waals surface area (Å²) in [6, 6.07) is 6.28. The molecule has 2 rings (SSSR count). The average Bonchev–Trinajstić information content (AvgIpc) is 2.38. The van der Waals surface area contributed by atoms with Crippen LogP contribution in [0.25, 0.3) is 0 Å². The molecule has 6 heteroatoms. The van der Waals surface area contributed by atoms with Gasteiger partial charge in [-0.25, -0.2) is 0 Å². The van der Waals surface area contributed by atoms with Crippen LogP contribution in [0, 0.1) is 0 Å². The second-order valence-electron chi connectivity index (χ2n) is 4.48. The fraction of sp³-hybridized carbons (Fsp3) is 0.462. The van der Waals surface area contributed by atoms with Crippen molar-refractivity contribution in [3.05, 3.63) is 29.8 Å². The maximum Gasteiger partial charge on any atom is 0.387 e. The van der Waals surface area contributed by atoms with Crippen molar-refractivity contribution >= 4 is 5.91 Å². The van der Waals surface area contributed by atoms with Crippen molar-refractivity contribution in [3.63, 3.8) is 0 Å². The van der Waals surface area contributed by atoms with Crippen LogP contribution in [0.1, 0.15) is 17.3 Å². The quantitative estimate of drug-likeness (QED) is 0.909. The summed E-state index contributed by atoms with van der Waals surface area (Å²) in [6.45, 7) is 0.857. The second kappa shape index (κ2) is 5.97. The molecule has 1 fully saturated rings. The van der Waals surface area contributed by atoms with E-state index in [1.54, 1.807) is 17.0 Å². The van der Waals surface area contributed by atoms with Gasteiger partial charge >= 0.3 is 6.61 Å². The highest BCUT2D eigenvalue weighted by molar-refractivity contribution is 5.97. The molecule has 19 heavy (non-hydrogen) atoms. The van der Waals surface area contributed by atoms with E-state index in [0.29, 0.717) is 19.6 Å². The molecular weight excluding hydrogens is 254 g/mol. The van der Waals surface area contributed by atoms with Crippen molar-refractivity contribution in [1.29, 1.82) is 0 Å². The van der Waals surface area contributed by atoms with Crippen LogP contribution >= 0.6 is 0 Å². The Kier molecular flexibility index (Phi) is 4.31. The lowest BCUT2D eigenvalue weighted by Gasteiger charge is -2.32. The van der Waals surface area contributed by atoms with Crippen molar-refractivity contribution in [2.24, 2.45) is 0 Å². The number of benzene rings is 1. The molecule has 1 saturated heterocycles. The molecule has 0 saturated carbocycles. The SMILES string of the molecule is C[C@H]1CN(C(=O)c2ccccc2OC(F)F)CCN1. The number of piperazine rings is 1. The van der Waals surface area contributed by atoms with Crippen LogP contribution in [0.2, 0.25) is 0 Å². The van der Waals surface area contributed by atoms with Gasteiger partial charge in [-0.05, 0) is 19.1 Å². The van der Waals surface area contributed by atoms with E-state index in [1.807, 2.05) is 6.92 Å². The molecule has 0 spiro atoms. The first-order valence-corrected chi connectivity index (χ1v) is 6.14. The maximum atomic E-state index is 12.3. The summed E-state index contributed by atoms with van der Waals surface area (Å²) in [5, 5.41) is 3.22. The van der Waals surface area contributed by atoms with Crippen molar-refractivity contribution in [1.82, 2.24) is 10.2 Å². The summed E-state index contributed by atoms with van der Waals surface area (Å²) < 4.78 is 29.0. The third-order valence-electron chi connectivity index (χ3n) is 2.99. The van der Waals surface area contributed by atoms with Gasteiger partial charge in [0.2, 0.25) is 0 Å². The first-order valence-electron chi connectivity index (χ1n) is 6.14. The zero-order valence-electron chi connectivity index (χ0n) is 10.6. The molecule has 1 atom stereocenters. The van der Waals surface area contributed by atoms with Gasteiger partial charge in [0.1, 0.15) is 5.75 Å². The zero-order valence-corrected chi connectivity index (χ0v) is 10.6. The van der Waals surface area contributed by atoms with Gasteiger partial charge in [0.25, 0.3) is 5.91 Å². The molecule has 0 aromatic heterocycles. The van der Waals surface area contributed by atoms with Crippen molar-refractivity contribution < 1.29 is 18.3 Å². The van der Waals surface area contributed by atoms with Crippen molar-refractivity contribution in [2.75, 3.05) is 19.6 Å². The predicted molar refractivity (Wildman–Crippen MR) is 66.4 cm³/mol. The van der Waals surface area contributed by atoms with Gasteiger partial charge < -0.3 is 15.0 Å². The number of halogens is 2. The lowest BCUT2D eigenvalue weighted by Crippen LogP contribution is -2.51. The molecule has 0 bridgehead atoms. The van der Waals surface area contributed by atoms with Crippen LogP contribution in [-0.2, 0) is 0 Å². The number of hydrogen-bond donors (Lipinski definition) is 1. The molecule has 0 unspecified atom stereocenters. The smallest absolute Gasteiger partial charge is 0.387 e. The Hall–Kier alpha value is -1.69. The summed E-state index contributed by atoms with van der Waals surface area (Å²) in [7, 11) is 0. The fourth-order valence-electron chi connectivity index (χ4n) is 2.13. The van der Waals surface area contributed by atoms with Crippen LogP contribution in [0.4, 0.5) is 8.78 Å². The minimum atomic E-state index is -2.93. The Morgan fingerprint density at radius 1 is 1.47 bits per heavy atom. The molecule has 104 valence electrons. The van der Waals surface area contributed by atoms with Gasteiger partial charge in [-0.2, -0.15) is 8.78 Å². The largest absolute Gasteiger partial charge is 0.434 e. The number of nitrogens with zero attached hydrogens (tertiary/aromatic N) is 1. The van der Waals surface area contributed by atoms with Crippen LogP contribution in [0.3, 0.4) is 0 Å². The molecule has 1 aliphatic rings. The van der Waals surface area contributed by atoms with E-state index >= 15 is 0 Å². The third kappa shape index (κ3) is 3.41. The molecule has 1 N–H and O–H groups in total. The summed E-state index contributed by atoms with van der Waals surface area (Å²) in [6.07, 6.45) is 0. The molecule has 1 aromatic carbocycles. The molecule has 1 amide bonds. The van der Waals surface area contributed by atoms with Gasteiger partial charge in [0.05, 0.1) is 5.56 Å². The maximum absolute atomic E-state index is 12.3. The minimum Gasteiger partial charge on any atom is -0.434 e. The predicted octanol–water partition coefficient (Wildman–Crippen LogP) is 1.72. The van der Waals surface area contributed by atoms with E-state index < -0.39 is 6.61 Å². The molecule has 0 aliphatic carbocycles. The molecule has 0 radical (unpaired) electrons. The summed E-state index contributed by atoms with van der Waals surface area (Å²) in [4.78, 5) is 14.0. The van der Waals surface area contributed by atoms with E-state index in [9.17, 15) is 13.6 Å². The Bertz CT molecular complexity index is 454. The highest BCUT2D eigenvalue weighted by atomic mass is 19.3.